The van der Waals surface area contributed by atoms with Crippen molar-refractivity contribution in [3.63, 3.8) is 0 Å². The monoisotopic (exact) mass is 171 g/mol. The zero-order valence-corrected chi connectivity index (χ0v) is 8.52. The van der Waals surface area contributed by atoms with Crippen molar-refractivity contribution in [2.24, 2.45) is 5.41 Å². The van der Waals surface area contributed by atoms with Gasteiger partial charge in [0.2, 0.25) is 0 Å². The maximum absolute atomic E-state index is 5.12. The van der Waals surface area contributed by atoms with E-state index in [0.717, 1.165) is 19.7 Å². The third kappa shape index (κ3) is 4.52. The molecule has 0 bridgehead atoms. The van der Waals surface area contributed by atoms with Gasteiger partial charge in [-0.3, -0.25) is 0 Å². The number of nitrogens with one attached hydrogen (secondary N) is 1. The Bertz CT molecular complexity index is 125. The smallest absolute Gasteiger partial charge is 0.0562 e. The van der Waals surface area contributed by atoms with Crippen LogP contribution in [0, 0.1) is 5.41 Å². The molecular weight excluding hydrogens is 150 g/mol. The molecule has 0 aliphatic rings. The minimum absolute atomic E-state index is 0.0733. The average molecular weight is 171 g/mol. The van der Waals surface area contributed by atoms with Gasteiger partial charge in [0.1, 0.15) is 0 Å². The Labute approximate surface area is 76.0 Å². The van der Waals surface area contributed by atoms with Gasteiger partial charge < -0.3 is 10.1 Å². The van der Waals surface area contributed by atoms with Crippen LogP contribution in [0.3, 0.4) is 0 Å². The first-order valence-electron chi connectivity index (χ1n) is 4.52. The van der Waals surface area contributed by atoms with Crippen LogP contribution in [-0.4, -0.2) is 26.8 Å². The summed E-state index contributed by atoms with van der Waals surface area (Å²) in [6.45, 7) is 10.9. The number of rotatable bonds is 7. The van der Waals surface area contributed by atoms with Gasteiger partial charge in [0.15, 0.2) is 0 Å². The van der Waals surface area contributed by atoms with Crippen LogP contribution in [0.5, 0.6) is 0 Å². The maximum atomic E-state index is 5.12. The quantitative estimate of drug-likeness (QED) is 0.466. The van der Waals surface area contributed by atoms with Crippen molar-refractivity contribution < 1.29 is 4.74 Å². The fourth-order valence-electron chi connectivity index (χ4n) is 1.06. The molecule has 2 nitrogen and oxygen atoms in total. The lowest BCUT2D eigenvalue weighted by Gasteiger charge is -2.24. The molecule has 0 saturated carbocycles. The van der Waals surface area contributed by atoms with Crippen molar-refractivity contribution in [1.29, 1.82) is 0 Å². The molecule has 0 fully saturated rings. The van der Waals surface area contributed by atoms with Crippen molar-refractivity contribution in [3.05, 3.63) is 12.7 Å². The Balaban J connectivity index is 3.71. The van der Waals surface area contributed by atoms with E-state index in [1.165, 1.54) is 6.42 Å². The van der Waals surface area contributed by atoms with Crippen LogP contribution in [0.15, 0.2) is 12.7 Å². The van der Waals surface area contributed by atoms with Gasteiger partial charge in [-0.15, -0.1) is 6.58 Å². The van der Waals surface area contributed by atoms with Crippen LogP contribution in [0.4, 0.5) is 0 Å². The third-order valence-corrected chi connectivity index (χ3v) is 1.92. The molecule has 0 aromatic carbocycles. The highest BCUT2D eigenvalue weighted by Gasteiger charge is 2.18. The second kappa shape index (κ2) is 6.21. The van der Waals surface area contributed by atoms with E-state index in [1.807, 2.05) is 6.08 Å². The lowest BCUT2D eigenvalue weighted by Crippen LogP contribution is -2.34. The summed E-state index contributed by atoms with van der Waals surface area (Å²) in [5.74, 6) is 0. The van der Waals surface area contributed by atoms with Crippen molar-refractivity contribution in [1.82, 2.24) is 5.32 Å². The standard InChI is InChI=1S/C10H21NO/c1-5-7-11-8-10(3,6-2)9-12-4/h6,11H,2,5,7-9H2,1,3-4H3. The van der Waals surface area contributed by atoms with E-state index in [0.29, 0.717) is 0 Å². The summed E-state index contributed by atoms with van der Waals surface area (Å²) in [5.41, 5.74) is 0.0733. The summed E-state index contributed by atoms with van der Waals surface area (Å²) in [4.78, 5) is 0. The number of hydrogen-bond donors (Lipinski definition) is 1. The molecule has 0 aliphatic carbocycles. The van der Waals surface area contributed by atoms with Gasteiger partial charge in [0, 0.05) is 19.1 Å². The molecule has 1 unspecified atom stereocenters. The second-order valence-electron chi connectivity index (χ2n) is 3.47. The molecule has 0 spiro atoms. The lowest BCUT2D eigenvalue weighted by molar-refractivity contribution is 0.121. The van der Waals surface area contributed by atoms with Crippen molar-refractivity contribution in [3.8, 4) is 0 Å². The second-order valence-corrected chi connectivity index (χ2v) is 3.47. The average Bonchev–Trinajstić information content (AvgIpc) is 2.06. The lowest BCUT2D eigenvalue weighted by atomic mass is 9.92. The molecule has 0 aliphatic heterocycles. The fraction of sp³-hybridized carbons (Fsp3) is 0.800. The SMILES string of the molecule is C=CC(C)(CNCCC)COC. The fourth-order valence-corrected chi connectivity index (χ4v) is 1.06. The molecule has 0 saturated heterocycles. The first-order chi connectivity index (χ1) is 5.68. The molecule has 0 rings (SSSR count). The van der Waals surface area contributed by atoms with E-state index in [-0.39, 0.29) is 5.41 Å². The first-order valence-corrected chi connectivity index (χ1v) is 4.52. The number of hydrogen-bond acceptors (Lipinski definition) is 2. The van der Waals surface area contributed by atoms with Gasteiger partial charge in [0.25, 0.3) is 0 Å². The van der Waals surface area contributed by atoms with Crippen LogP contribution < -0.4 is 5.32 Å². The largest absolute Gasteiger partial charge is 0.384 e. The Morgan fingerprint density at radius 2 is 2.25 bits per heavy atom. The Morgan fingerprint density at radius 3 is 2.67 bits per heavy atom. The highest BCUT2D eigenvalue weighted by atomic mass is 16.5. The van der Waals surface area contributed by atoms with E-state index < -0.39 is 0 Å². The summed E-state index contributed by atoms with van der Waals surface area (Å²) in [6, 6.07) is 0. The topological polar surface area (TPSA) is 21.3 Å². The molecule has 0 heterocycles. The molecule has 72 valence electrons. The molecular formula is C10H21NO. The van der Waals surface area contributed by atoms with Crippen molar-refractivity contribution in [2.45, 2.75) is 20.3 Å². The zero-order valence-electron chi connectivity index (χ0n) is 8.52. The van der Waals surface area contributed by atoms with E-state index in [9.17, 15) is 0 Å². The van der Waals surface area contributed by atoms with Gasteiger partial charge in [0.05, 0.1) is 6.61 Å². The van der Waals surface area contributed by atoms with Crippen molar-refractivity contribution in [2.75, 3.05) is 26.8 Å². The normalized spacial score (nSPS) is 15.6. The van der Waals surface area contributed by atoms with Crippen LogP contribution in [0.25, 0.3) is 0 Å². The Hall–Kier alpha value is -0.340. The number of ether oxygens (including phenoxy) is 1. The van der Waals surface area contributed by atoms with Crippen LogP contribution >= 0.6 is 0 Å². The van der Waals surface area contributed by atoms with Gasteiger partial charge in [-0.1, -0.05) is 19.9 Å². The molecule has 0 aromatic rings. The van der Waals surface area contributed by atoms with E-state index in [2.05, 4.69) is 25.7 Å². The molecule has 0 amide bonds. The van der Waals surface area contributed by atoms with Crippen LogP contribution in [0.1, 0.15) is 20.3 Å². The van der Waals surface area contributed by atoms with E-state index in [4.69, 9.17) is 4.74 Å². The molecule has 0 radical (unpaired) electrons. The Morgan fingerprint density at radius 1 is 1.58 bits per heavy atom. The summed E-state index contributed by atoms with van der Waals surface area (Å²) < 4.78 is 5.12. The van der Waals surface area contributed by atoms with Crippen LogP contribution in [-0.2, 0) is 4.74 Å². The maximum Gasteiger partial charge on any atom is 0.0562 e. The minimum Gasteiger partial charge on any atom is -0.384 e. The predicted octanol–water partition coefficient (Wildman–Crippen LogP) is 1.82. The minimum atomic E-state index is 0.0733. The molecule has 2 heteroatoms. The molecule has 1 atom stereocenters. The highest BCUT2D eigenvalue weighted by molar-refractivity contribution is 4.92. The van der Waals surface area contributed by atoms with E-state index >= 15 is 0 Å². The van der Waals surface area contributed by atoms with Crippen molar-refractivity contribution >= 4 is 0 Å². The molecule has 1 N–H and O–H groups in total. The molecule has 0 aromatic heterocycles. The highest BCUT2D eigenvalue weighted by Crippen LogP contribution is 2.16. The number of methoxy groups -OCH3 is 1. The summed E-state index contributed by atoms with van der Waals surface area (Å²) in [7, 11) is 1.72. The summed E-state index contributed by atoms with van der Waals surface area (Å²) in [5, 5.41) is 3.36. The van der Waals surface area contributed by atoms with Gasteiger partial charge in [-0.2, -0.15) is 0 Å². The zero-order chi connectivity index (χ0) is 9.45. The summed E-state index contributed by atoms with van der Waals surface area (Å²) in [6.07, 6.45) is 3.12. The molecule has 12 heavy (non-hydrogen) atoms. The summed E-state index contributed by atoms with van der Waals surface area (Å²) >= 11 is 0. The van der Waals surface area contributed by atoms with E-state index in [1.54, 1.807) is 7.11 Å². The predicted molar refractivity (Wildman–Crippen MR) is 53.3 cm³/mol. The third-order valence-electron chi connectivity index (χ3n) is 1.92. The van der Waals surface area contributed by atoms with Gasteiger partial charge >= 0.3 is 0 Å². The Kier molecular flexibility index (Phi) is 6.03. The van der Waals surface area contributed by atoms with Gasteiger partial charge in [-0.05, 0) is 13.0 Å². The first kappa shape index (κ1) is 11.7. The van der Waals surface area contributed by atoms with Crippen LogP contribution in [0.2, 0.25) is 0 Å². The van der Waals surface area contributed by atoms with Gasteiger partial charge in [-0.25, -0.2) is 0 Å².